The lowest BCUT2D eigenvalue weighted by Crippen LogP contribution is -2.27. The molecule has 0 bridgehead atoms. The number of thiophene rings is 1. The summed E-state index contributed by atoms with van der Waals surface area (Å²) < 4.78 is 0. The summed E-state index contributed by atoms with van der Waals surface area (Å²) in [7, 11) is 0. The number of rotatable bonds is 3. The van der Waals surface area contributed by atoms with Crippen LogP contribution in [-0.2, 0) is 0 Å². The highest BCUT2D eigenvalue weighted by atomic mass is 32.1. The van der Waals surface area contributed by atoms with Gasteiger partial charge in [0, 0.05) is 9.75 Å². The SMILES string of the molecule is Cc1ccc(C(C)NC(=O)c2[nH]ncc2N)s1. The van der Waals surface area contributed by atoms with E-state index in [1.165, 1.54) is 11.1 Å². The molecule has 1 atom stereocenters. The molecule has 6 heteroatoms. The summed E-state index contributed by atoms with van der Waals surface area (Å²) in [5.74, 6) is -0.237. The van der Waals surface area contributed by atoms with Gasteiger partial charge >= 0.3 is 0 Å². The second-order valence-electron chi connectivity index (χ2n) is 3.84. The predicted octanol–water partition coefficient (Wildman–Crippen LogP) is 1.85. The largest absolute Gasteiger partial charge is 0.396 e. The van der Waals surface area contributed by atoms with Crippen LogP contribution < -0.4 is 11.1 Å². The standard InChI is InChI=1S/C11H14N4OS/c1-6-3-4-9(17-6)7(2)14-11(16)10-8(12)5-13-15-10/h3-5,7H,12H2,1-2H3,(H,13,15)(H,14,16). The summed E-state index contributed by atoms with van der Waals surface area (Å²) in [6, 6.07) is 4.01. The van der Waals surface area contributed by atoms with Crippen LogP contribution >= 0.6 is 11.3 Å². The number of nitrogens with one attached hydrogen (secondary N) is 2. The number of carbonyl (C=O) groups excluding carboxylic acids is 1. The first-order valence-corrected chi connectivity index (χ1v) is 6.05. The molecule has 0 saturated heterocycles. The van der Waals surface area contributed by atoms with Gasteiger partial charge in [-0.15, -0.1) is 11.3 Å². The van der Waals surface area contributed by atoms with Gasteiger partial charge in [-0.2, -0.15) is 5.10 Å². The Kier molecular flexibility index (Phi) is 3.14. The molecule has 0 fully saturated rings. The van der Waals surface area contributed by atoms with Crippen molar-refractivity contribution < 1.29 is 4.79 Å². The van der Waals surface area contributed by atoms with Gasteiger partial charge in [0.15, 0.2) is 0 Å². The van der Waals surface area contributed by atoms with Gasteiger partial charge in [-0.25, -0.2) is 0 Å². The zero-order valence-corrected chi connectivity index (χ0v) is 10.5. The number of hydrogen-bond acceptors (Lipinski definition) is 4. The molecule has 0 spiro atoms. The molecule has 5 nitrogen and oxygen atoms in total. The molecule has 0 radical (unpaired) electrons. The fourth-order valence-electron chi connectivity index (χ4n) is 1.50. The number of nitrogen functional groups attached to an aromatic ring is 1. The highest BCUT2D eigenvalue weighted by Gasteiger charge is 2.16. The third kappa shape index (κ3) is 2.47. The highest BCUT2D eigenvalue weighted by Crippen LogP contribution is 2.22. The minimum Gasteiger partial charge on any atom is -0.396 e. The number of carbonyl (C=O) groups is 1. The lowest BCUT2D eigenvalue weighted by molar-refractivity contribution is 0.0936. The number of anilines is 1. The van der Waals surface area contributed by atoms with E-state index >= 15 is 0 Å². The molecule has 1 amide bonds. The lowest BCUT2D eigenvalue weighted by Gasteiger charge is -2.11. The van der Waals surface area contributed by atoms with Crippen LogP contribution in [0.1, 0.15) is 33.2 Å². The fourth-order valence-corrected chi connectivity index (χ4v) is 2.38. The van der Waals surface area contributed by atoms with Crippen molar-refractivity contribution >= 4 is 22.9 Å². The molecule has 0 aliphatic carbocycles. The Hall–Kier alpha value is -1.82. The van der Waals surface area contributed by atoms with Crippen LogP contribution in [0.4, 0.5) is 5.69 Å². The van der Waals surface area contributed by atoms with E-state index in [-0.39, 0.29) is 11.9 Å². The normalized spacial score (nSPS) is 12.4. The second kappa shape index (κ2) is 4.58. The maximum Gasteiger partial charge on any atom is 0.271 e. The number of aromatic nitrogens is 2. The van der Waals surface area contributed by atoms with Gasteiger partial charge in [0.25, 0.3) is 5.91 Å². The average Bonchev–Trinajstić information content (AvgIpc) is 2.86. The van der Waals surface area contributed by atoms with E-state index in [2.05, 4.69) is 15.5 Å². The number of H-pyrrole nitrogens is 1. The van der Waals surface area contributed by atoms with Gasteiger partial charge in [0.05, 0.1) is 17.9 Å². The van der Waals surface area contributed by atoms with E-state index in [0.717, 1.165) is 4.88 Å². The smallest absolute Gasteiger partial charge is 0.271 e. The van der Waals surface area contributed by atoms with E-state index < -0.39 is 0 Å². The van der Waals surface area contributed by atoms with Crippen LogP contribution in [-0.4, -0.2) is 16.1 Å². The van der Waals surface area contributed by atoms with Crippen LogP contribution in [0.25, 0.3) is 0 Å². The van der Waals surface area contributed by atoms with Crippen molar-refractivity contribution in [2.45, 2.75) is 19.9 Å². The first-order chi connectivity index (χ1) is 8.08. The lowest BCUT2D eigenvalue weighted by atomic mass is 10.2. The molecule has 0 saturated carbocycles. The van der Waals surface area contributed by atoms with Gasteiger partial charge < -0.3 is 11.1 Å². The molecule has 2 aromatic heterocycles. The summed E-state index contributed by atoms with van der Waals surface area (Å²) in [5.41, 5.74) is 6.28. The number of hydrogen-bond donors (Lipinski definition) is 3. The topological polar surface area (TPSA) is 83.8 Å². The molecule has 2 heterocycles. The molecule has 90 valence electrons. The summed E-state index contributed by atoms with van der Waals surface area (Å²) >= 11 is 1.67. The van der Waals surface area contributed by atoms with E-state index in [4.69, 9.17) is 5.73 Å². The minimum absolute atomic E-state index is 0.0381. The monoisotopic (exact) mass is 250 g/mol. The van der Waals surface area contributed by atoms with Crippen LogP contribution in [0.15, 0.2) is 18.3 Å². The van der Waals surface area contributed by atoms with Crippen LogP contribution in [0.3, 0.4) is 0 Å². The van der Waals surface area contributed by atoms with E-state index in [1.54, 1.807) is 11.3 Å². The molecule has 4 N–H and O–H groups in total. The van der Waals surface area contributed by atoms with Crippen molar-refractivity contribution in [3.8, 4) is 0 Å². The fraction of sp³-hybridized carbons (Fsp3) is 0.273. The van der Waals surface area contributed by atoms with Crippen molar-refractivity contribution in [3.63, 3.8) is 0 Å². The molecule has 17 heavy (non-hydrogen) atoms. The van der Waals surface area contributed by atoms with Crippen molar-refractivity contribution in [2.75, 3.05) is 5.73 Å². The van der Waals surface area contributed by atoms with Crippen molar-refractivity contribution in [1.82, 2.24) is 15.5 Å². The average molecular weight is 250 g/mol. The third-order valence-corrected chi connectivity index (χ3v) is 3.61. The summed E-state index contributed by atoms with van der Waals surface area (Å²) in [6.07, 6.45) is 1.43. The first kappa shape index (κ1) is 11.7. The number of nitrogens with two attached hydrogens (primary N) is 1. The molecule has 2 rings (SSSR count). The van der Waals surface area contributed by atoms with Crippen molar-refractivity contribution in [2.24, 2.45) is 0 Å². The Morgan fingerprint density at radius 3 is 2.88 bits per heavy atom. The number of nitrogens with zero attached hydrogens (tertiary/aromatic N) is 1. The molecular formula is C11H14N4OS. The van der Waals surface area contributed by atoms with Gasteiger partial charge in [-0.1, -0.05) is 0 Å². The molecule has 1 unspecified atom stereocenters. The van der Waals surface area contributed by atoms with Crippen LogP contribution in [0.5, 0.6) is 0 Å². The summed E-state index contributed by atoms with van der Waals surface area (Å²) in [4.78, 5) is 14.2. The zero-order valence-electron chi connectivity index (χ0n) is 9.65. The maximum atomic E-state index is 11.9. The second-order valence-corrected chi connectivity index (χ2v) is 5.16. The predicted molar refractivity (Wildman–Crippen MR) is 67.9 cm³/mol. The quantitative estimate of drug-likeness (QED) is 0.777. The Morgan fingerprint density at radius 1 is 1.59 bits per heavy atom. The van der Waals surface area contributed by atoms with Crippen molar-refractivity contribution in [3.05, 3.63) is 33.8 Å². The van der Waals surface area contributed by atoms with E-state index in [0.29, 0.717) is 11.4 Å². The van der Waals surface area contributed by atoms with Crippen LogP contribution in [0.2, 0.25) is 0 Å². The molecular weight excluding hydrogens is 236 g/mol. The van der Waals surface area contributed by atoms with Gasteiger partial charge in [-0.05, 0) is 26.0 Å². The Balaban J connectivity index is 2.07. The van der Waals surface area contributed by atoms with Gasteiger partial charge in [0.1, 0.15) is 5.69 Å². The Labute approximate surface area is 103 Å². The van der Waals surface area contributed by atoms with Gasteiger partial charge in [0.2, 0.25) is 0 Å². The summed E-state index contributed by atoms with van der Waals surface area (Å²) in [5, 5.41) is 9.18. The molecule has 0 aliphatic rings. The minimum atomic E-state index is -0.237. The summed E-state index contributed by atoms with van der Waals surface area (Å²) in [6.45, 7) is 3.98. The number of aryl methyl sites for hydroxylation is 1. The molecule has 0 aromatic carbocycles. The van der Waals surface area contributed by atoms with E-state index in [9.17, 15) is 4.79 Å². The van der Waals surface area contributed by atoms with E-state index in [1.807, 2.05) is 26.0 Å². The Bertz CT molecular complexity index is 531. The Morgan fingerprint density at radius 2 is 2.35 bits per heavy atom. The first-order valence-electron chi connectivity index (χ1n) is 5.24. The number of amides is 1. The van der Waals surface area contributed by atoms with Crippen molar-refractivity contribution in [1.29, 1.82) is 0 Å². The molecule has 0 aliphatic heterocycles. The van der Waals surface area contributed by atoms with Gasteiger partial charge in [-0.3, -0.25) is 9.89 Å². The highest BCUT2D eigenvalue weighted by molar-refractivity contribution is 7.12. The maximum absolute atomic E-state index is 11.9. The zero-order chi connectivity index (χ0) is 12.4. The number of aromatic amines is 1. The van der Waals surface area contributed by atoms with Crippen LogP contribution in [0, 0.1) is 6.92 Å². The molecule has 2 aromatic rings. The third-order valence-electron chi connectivity index (χ3n) is 2.43.